The van der Waals surface area contributed by atoms with Crippen LogP contribution in [0.3, 0.4) is 0 Å². The quantitative estimate of drug-likeness (QED) is 0.438. The molecule has 0 radical (unpaired) electrons. The molecule has 2 aliphatic heterocycles. The van der Waals surface area contributed by atoms with Gasteiger partial charge in [0.1, 0.15) is 12.3 Å². The molecule has 1 saturated heterocycles. The van der Waals surface area contributed by atoms with Gasteiger partial charge in [0.25, 0.3) is 11.1 Å². The molecule has 0 spiro atoms. The SMILES string of the molecule is CCCN1c2cc(C)c(/C=C3/SC(=O)N(CC(=O)Nc4ccc(OC)cc4)C3=O)cc2C(C)CC1(C)C. The Bertz CT molecular complexity index is 1250. The summed E-state index contributed by atoms with van der Waals surface area (Å²) in [4.78, 5) is 42.1. The number of hydrogen-bond acceptors (Lipinski definition) is 6. The van der Waals surface area contributed by atoms with E-state index in [1.54, 1.807) is 37.5 Å². The number of aryl methyl sites for hydroxylation is 1. The summed E-state index contributed by atoms with van der Waals surface area (Å²) < 4.78 is 5.12. The molecular weight excluding hydrogens is 486 g/mol. The smallest absolute Gasteiger partial charge is 0.294 e. The number of anilines is 2. The molecule has 4 rings (SSSR count). The number of nitrogens with zero attached hydrogens (tertiary/aromatic N) is 2. The van der Waals surface area contributed by atoms with Crippen molar-refractivity contribution < 1.29 is 19.1 Å². The van der Waals surface area contributed by atoms with Crippen LogP contribution < -0.4 is 15.0 Å². The van der Waals surface area contributed by atoms with Gasteiger partial charge in [-0.25, -0.2) is 0 Å². The zero-order valence-corrected chi connectivity index (χ0v) is 23.2. The highest BCUT2D eigenvalue weighted by molar-refractivity contribution is 8.18. The molecule has 2 aromatic carbocycles. The average Bonchev–Trinajstić information content (AvgIpc) is 3.10. The molecule has 0 saturated carbocycles. The molecule has 7 nitrogen and oxygen atoms in total. The van der Waals surface area contributed by atoms with Gasteiger partial charge < -0.3 is 15.0 Å². The Kier molecular flexibility index (Phi) is 7.69. The highest BCUT2D eigenvalue weighted by Crippen LogP contribution is 2.45. The summed E-state index contributed by atoms with van der Waals surface area (Å²) in [6, 6.07) is 11.2. The number of carbonyl (C=O) groups is 3. The zero-order valence-electron chi connectivity index (χ0n) is 22.4. The molecule has 2 heterocycles. The van der Waals surface area contributed by atoms with Crippen LogP contribution in [0.4, 0.5) is 16.2 Å². The lowest BCUT2D eigenvalue weighted by molar-refractivity contribution is -0.127. The standard InChI is InChI=1S/C29H35N3O4S/c1-7-12-32-24-13-18(2)20(14-23(24)19(3)16-29(32,4)5)15-25-27(34)31(28(35)37-25)17-26(33)30-21-8-10-22(36-6)11-9-21/h8-11,13-15,19H,7,12,16-17H2,1-6H3,(H,30,33)/b25-15+. The zero-order chi connectivity index (χ0) is 26.9. The Morgan fingerprint density at radius 3 is 2.57 bits per heavy atom. The third kappa shape index (κ3) is 5.54. The fourth-order valence-corrected chi connectivity index (χ4v) is 6.08. The number of nitrogens with one attached hydrogen (secondary N) is 1. The van der Waals surface area contributed by atoms with E-state index in [0.717, 1.165) is 47.2 Å². The van der Waals surface area contributed by atoms with Crippen molar-refractivity contribution in [3.8, 4) is 5.75 Å². The maximum atomic E-state index is 13.1. The van der Waals surface area contributed by atoms with Crippen molar-refractivity contribution in [2.75, 3.05) is 30.4 Å². The molecule has 1 atom stereocenters. The van der Waals surface area contributed by atoms with Crippen molar-refractivity contribution in [2.45, 2.75) is 58.9 Å². The van der Waals surface area contributed by atoms with E-state index in [0.29, 0.717) is 22.3 Å². The van der Waals surface area contributed by atoms with Crippen LogP contribution in [-0.4, -0.2) is 47.7 Å². The first kappa shape index (κ1) is 26.8. The van der Waals surface area contributed by atoms with Gasteiger partial charge in [0.05, 0.1) is 12.0 Å². The van der Waals surface area contributed by atoms with Crippen LogP contribution in [0.15, 0.2) is 41.3 Å². The molecule has 0 aliphatic carbocycles. The lowest BCUT2D eigenvalue weighted by Gasteiger charge is -2.48. The minimum atomic E-state index is -0.446. The largest absolute Gasteiger partial charge is 0.497 e. The number of imide groups is 1. The number of methoxy groups -OCH3 is 1. The van der Waals surface area contributed by atoms with Gasteiger partial charge in [-0.05, 0) is 110 Å². The molecule has 3 amide bonds. The number of rotatable bonds is 7. The minimum Gasteiger partial charge on any atom is -0.497 e. The number of ether oxygens (including phenoxy) is 1. The van der Waals surface area contributed by atoms with Crippen LogP contribution in [0.1, 0.15) is 63.1 Å². The molecular formula is C29H35N3O4S. The molecule has 37 heavy (non-hydrogen) atoms. The Balaban J connectivity index is 1.53. The van der Waals surface area contributed by atoms with Crippen molar-refractivity contribution in [2.24, 2.45) is 0 Å². The maximum absolute atomic E-state index is 13.1. The summed E-state index contributed by atoms with van der Waals surface area (Å²) in [5, 5.41) is 2.28. The second-order valence-electron chi connectivity index (χ2n) is 10.4. The number of benzene rings is 2. The lowest BCUT2D eigenvalue weighted by atomic mass is 9.79. The molecule has 0 bridgehead atoms. The fourth-order valence-electron chi connectivity index (χ4n) is 5.25. The van der Waals surface area contributed by atoms with Crippen molar-refractivity contribution in [1.82, 2.24) is 4.90 Å². The van der Waals surface area contributed by atoms with Gasteiger partial charge in [0.2, 0.25) is 5.91 Å². The van der Waals surface area contributed by atoms with Crippen LogP contribution in [-0.2, 0) is 9.59 Å². The van der Waals surface area contributed by atoms with E-state index in [1.165, 1.54) is 11.3 Å². The Hall–Kier alpha value is -3.26. The first-order valence-electron chi connectivity index (χ1n) is 12.7. The summed E-state index contributed by atoms with van der Waals surface area (Å²) in [7, 11) is 1.56. The van der Waals surface area contributed by atoms with Gasteiger partial charge >= 0.3 is 0 Å². The topological polar surface area (TPSA) is 79.0 Å². The normalized spacial score (nSPS) is 19.8. The van der Waals surface area contributed by atoms with E-state index in [4.69, 9.17) is 4.74 Å². The summed E-state index contributed by atoms with van der Waals surface area (Å²) >= 11 is 0.877. The molecule has 1 N–H and O–H groups in total. The van der Waals surface area contributed by atoms with Crippen molar-refractivity contribution in [1.29, 1.82) is 0 Å². The van der Waals surface area contributed by atoms with Gasteiger partial charge in [0.15, 0.2) is 0 Å². The number of thioether (sulfide) groups is 1. The van der Waals surface area contributed by atoms with Crippen molar-refractivity contribution in [3.63, 3.8) is 0 Å². The molecule has 0 aromatic heterocycles. The molecule has 8 heteroatoms. The summed E-state index contributed by atoms with van der Waals surface area (Å²) in [5.74, 6) is 0.162. The number of carbonyl (C=O) groups excluding carboxylic acids is 3. The predicted molar refractivity (Wildman–Crippen MR) is 150 cm³/mol. The van der Waals surface area contributed by atoms with E-state index < -0.39 is 17.1 Å². The second-order valence-corrected chi connectivity index (χ2v) is 11.4. The Morgan fingerprint density at radius 2 is 1.92 bits per heavy atom. The first-order valence-corrected chi connectivity index (χ1v) is 13.5. The van der Waals surface area contributed by atoms with Crippen molar-refractivity contribution >= 4 is 46.3 Å². The molecule has 2 aliphatic rings. The monoisotopic (exact) mass is 521 g/mol. The van der Waals surface area contributed by atoms with Gasteiger partial charge in [0, 0.05) is 23.5 Å². The molecule has 196 valence electrons. The van der Waals surface area contributed by atoms with E-state index in [9.17, 15) is 14.4 Å². The average molecular weight is 522 g/mol. The van der Waals surface area contributed by atoms with E-state index in [1.807, 2.05) is 6.92 Å². The van der Waals surface area contributed by atoms with Crippen LogP contribution in [0.2, 0.25) is 0 Å². The van der Waals surface area contributed by atoms with Crippen LogP contribution in [0, 0.1) is 6.92 Å². The van der Waals surface area contributed by atoms with Crippen LogP contribution in [0.5, 0.6) is 5.75 Å². The minimum absolute atomic E-state index is 0.0748. The van der Waals surface area contributed by atoms with Gasteiger partial charge in [-0.15, -0.1) is 0 Å². The summed E-state index contributed by atoms with van der Waals surface area (Å²) in [6.45, 7) is 11.7. The Morgan fingerprint density at radius 1 is 1.22 bits per heavy atom. The molecule has 2 aromatic rings. The lowest BCUT2D eigenvalue weighted by Crippen LogP contribution is -2.48. The predicted octanol–water partition coefficient (Wildman–Crippen LogP) is 6.18. The van der Waals surface area contributed by atoms with Gasteiger partial charge in [-0.2, -0.15) is 0 Å². The van der Waals surface area contributed by atoms with Gasteiger partial charge in [-0.1, -0.05) is 13.8 Å². The third-order valence-corrected chi connectivity index (χ3v) is 7.96. The third-order valence-electron chi connectivity index (χ3n) is 7.06. The highest BCUT2D eigenvalue weighted by atomic mass is 32.2. The number of fused-ring (bicyclic) bond motifs is 1. The van der Waals surface area contributed by atoms with E-state index >= 15 is 0 Å². The maximum Gasteiger partial charge on any atom is 0.294 e. The number of amides is 3. The Labute approximate surface area is 223 Å². The van der Waals surface area contributed by atoms with Crippen molar-refractivity contribution in [3.05, 3.63) is 58.0 Å². The fraction of sp³-hybridized carbons (Fsp3) is 0.414. The van der Waals surface area contributed by atoms with Crippen LogP contribution in [0.25, 0.3) is 6.08 Å². The second kappa shape index (κ2) is 10.6. The van der Waals surface area contributed by atoms with Gasteiger partial charge in [-0.3, -0.25) is 19.3 Å². The molecule has 1 unspecified atom stereocenters. The highest BCUT2D eigenvalue weighted by Gasteiger charge is 2.38. The van der Waals surface area contributed by atoms with E-state index in [2.05, 4.69) is 50.0 Å². The number of hydrogen-bond donors (Lipinski definition) is 1. The summed E-state index contributed by atoms with van der Waals surface area (Å²) in [6.07, 6.45) is 3.90. The van der Waals surface area contributed by atoms with E-state index in [-0.39, 0.29) is 12.1 Å². The summed E-state index contributed by atoms with van der Waals surface area (Å²) in [5.41, 5.74) is 5.13. The van der Waals surface area contributed by atoms with Crippen LogP contribution >= 0.6 is 11.8 Å². The first-order chi connectivity index (χ1) is 17.5. The molecule has 1 fully saturated rings.